The molecule has 3 heterocycles. The summed E-state index contributed by atoms with van der Waals surface area (Å²) in [6, 6.07) is 15.0. The van der Waals surface area contributed by atoms with Crippen LogP contribution in [-0.2, 0) is 17.8 Å². The zero-order valence-corrected chi connectivity index (χ0v) is 20.0. The maximum Gasteiger partial charge on any atom is 0.220 e. The Bertz CT molecular complexity index is 1510. The molecule has 0 radical (unpaired) electrons. The minimum absolute atomic E-state index is 0.0769. The van der Waals surface area contributed by atoms with Crippen molar-refractivity contribution < 1.29 is 14.3 Å². The molecule has 0 saturated heterocycles. The fourth-order valence-electron chi connectivity index (χ4n) is 3.90. The number of nitrogens with one attached hydrogen (secondary N) is 1. The first-order chi connectivity index (χ1) is 17.1. The molecule has 5 rings (SSSR count). The summed E-state index contributed by atoms with van der Waals surface area (Å²) in [4.78, 5) is 12.5. The highest BCUT2D eigenvalue weighted by molar-refractivity contribution is 6.30. The fraction of sp³-hybridized carbons (Fsp3) is 0.200. The molecule has 5 aromatic rings. The summed E-state index contributed by atoms with van der Waals surface area (Å²) in [5.74, 6) is 1.90. The molecule has 3 aromatic heterocycles. The van der Waals surface area contributed by atoms with Crippen LogP contribution in [-0.4, -0.2) is 44.3 Å². The van der Waals surface area contributed by atoms with Crippen LogP contribution in [0.25, 0.3) is 22.4 Å². The SMILES string of the molecule is COc1ccc(CNC(=O)CCc2nnc3c4cc(-c5ccc(Cl)cc5)nn4ccn23)cc1OC. The lowest BCUT2D eigenvalue weighted by Gasteiger charge is -2.10. The van der Waals surface area contributed by atoms with Gasteiger partial charge in [-0.15, -0.1) is 10.2 Å². The molecule has 0 unspecified atom stereocenters. The van der Waals surface area contributed by atoms with Gasteiger partial charge in [0.1, 0.15) is 11.3 Å². The highest BCUT2D eigenvalue weighted by Crippen LogP contribution is 2.27. The number of carbonyl (C=O) groups is 1. The zero-order valence-electron chi connectivity index (χ0n) is 19.2. The molecular weight excluding hydrogens is 468 g/mol. The van der Waals surface area contributed by atoms with Crippen molar-refractivity contribution >= 4 is 28.7 Å². The number of hydrogen-bond donors (Lipinski definition) is 1. The van der Waals surface area contributed by atoms with Crippen molar-refractivity contribution in [1.29, 1.82) is 0 Å². The smallest absolute Gasteiger partial charge is 0.220 e. The molecule has 1 N–H and O–H groups in total. The summed E-state index contributed by atoms with van der Waals surface area (Å²) < 4.78 is 14.2. The number of benzene rings is 2. The number of carbonyl (C=O) groups excluding carboxylic acids is 1. The minimum Gasteiger partial charge on any atom is -0.493 e. The molecule has 0 aliphatic carbocycles. The van der Waals surface area contributed by atoms with Crippen LogP contribution < -0.4 is 14.8 Å². The van der Waals surface area contributed by atoms with Crippen LogP contribution in [0.3, 0.4) is 0 Å². The Morgan fingerprint density at radius 3 is 2.57 bits per heavy atom. The van der Waals surface area contributed by atoms with E-state index in [1.807, 2.05) is 65.3 Å². The Hall–Kier alpha value is -4.11. The molecular formula is C25H23ClN6O3. The van der Waals surface area contributed by atoms with E-state index in [4.69, 9.17) is 21.1 Å². The number of rotatable bonds is 8. The number of halogens is 1. The molecule has 178 valence electrons. The van der Waals surface area contributed by atoms with Crippen LogP contribution in [0.5, 0.6) is 11.5 Å². The van der Waals surface area contributed by atoms with E-state index in [-0.39, 0.29) is 12.3 Å². The van der Waals surface area contributed by atoms with Gasteiger partial charge in [0.25, 0.3) is 0 Å². The lowest BCUT2D eigenvalue weighted by atomic mass is 10.1. The van der Waals surface area contributed by atoms with Gasteiger partial charge in [0.2, 0.25) is 5.91 Å². The van der Waals surface area contributed by atoms with Gasteiger partial charge in [0, 0.05) is 42.4 Å². The van der Waals surface area contributed by atoms with E-state index < -0.39 is 0 Å². The molecule has 9 nitrogen and oxygen atoms in total. The molecule has 0 aliphatic heterocycles. The second-order valence-electron chi connectivity index (χ2n) is 7.94. The van der Waals surface area contributed by atoms with E-state index in [1.165, 1.54) is 0 Å². The summed E-state index contributed by atoms with van der Waals surface area (Å²) in [5.41, 5.74) is 4.20. The Morgan fingerprint density at radius 1 is 1.00 bits per heavy atom. The van der Waals surface area contributed by atoms with Crippen LogP contribution in [0.15, 0.2) is 60.9 Å². The van der Waals surface area contributed by atoms with Crippen molar-refractivity contribution in [2.24, 2.45) is 0 Å². The second kappa shape index (κ2) is 9.63. The first-order valence-corrected chi connectivity index (χ1v) is 11.4. The minimum atomic E-state index is -0.0769. The van der Waals surface area contributed by atoms with Crippen LogP contribution >= 0.6 is 11.6 Å². The van der Waals surface area contributed by atoms with E-state index in [0.717, 1.165) is 22.3 Å². The highest BCUT2D eigenvalue weighted by atomic mass is 35.5. The zero-order chi connectivity index (χ0) is 24.4. The topological polar surface area (TPSA) is 95.0 Å². The summed E-state index contributed by atoms with van der Waals surface area (Å²) in [7, 11) is 3.17. The molecule has 0 spiro atoms. The third-order valence-corrected chi connectivity index (χ3v) is 5.99. The lowest BCUT2D eigenvalue weighted by Crippen LogP contribution is -2.23. The van der Waals surface area contributed by atoms with Gasteiger partial charge in [-0.05, 0) is 35.9 Å². The number of ether oxygens (including phenoxy) is 2. The number of aromatic nitrogens is 5. The van der Waals surface area contributed by atoms with Crippen molar-refractivity contribution in [3.05, 3.63) is 77.3 Å². The van der Waals surface area contributed by atoms with E-state index in [0.29, 0.717) is 41.0 Å². The number of fused-ring (bicyclic) bond motifs is 3. The van der Waals surface area contributed by atoms with Crippen LogP contribution in [0.4, 0.5) is 0 Å². The molecule has 35 heavy (non-hydrogen) atoms. The average molecular weight is 491 g/mol. The number of methoxy groups -OCH3 is 2. The van der Waals surface area contributed by atoms with Crippen LogP contribution in [0.2, 0.25) is 5.02 Å². The molecule has 1 amide bonds. The second-order valence-corrected chi connectivity index (χ2v) is 8.38. The van der Waals surface area contributed by atoms with Gasteiger partial charge >= 0.3 is 0 Å². The maximum atomic E-state index is 12.5. The van der Waals surface area contributed by atoms with Crippen molar-refractivity contribution in [1.82, 2.24) is 29.5 Å². The molecule has 10 heteroatoms. The molecule has 0 saturated carbocycles. The predicted molar refractivity (Wildman–Crippen MR) is 132 cm³/mol. The Morgan fingerprint density at radius 2 is 1.80 bits per heavy atom. The largest absolute Gasteiger partial charge is 0.493 e. The molecule has 0 aliphatic rings. The van der Waals surface area contributed by atoms with Crippen molar-refractivity contribution in [3.63, 3.8) is 0 Å². The van der Waals surface area contributed by atoms with Crippen molar-refractivity contribution in [2.75, 3.05) is 14.2 Å². The van der Waals surface area contributed by atoms with Gasteiger partial charge in [-0.25, -0.2) is 4.52 Å². The van der Waals surface area contributed by atoms with Crippen molar-refractivity contribution in [2.45, 2.75) is 19.4 Å². The molecule has 0 bridgehead atoms. The summed E-state index contributed by atoms with van der Waals surface area (Å²) >= 11 is 6.00. The van der Waals surface area contributed by atoms with E-state index in [9.17, 15) is 4.79 Å². The summed E-state index contributed by atoms with van der Waals surface area (Å²) in [6.07, 6.45) is 4.45. The third-order valence-electron chi connectivity index (χ3n) is 5.74. The predicted octanol–water partition coefficient (Wildman–Crippen LogP) is 3.96. The van der Waals surface area contributed by atoms with Gasteiger partial charge < -0.3 is 14.8 Å². The van der Waals surface area contributed by atoms with Gasteiger partial charge in [0.05, 0.1) is 19.9 Å². The first kappa shape index (κ1) is 22.7. The van der Waals surface area contributed by atoms with Gasteiger partial charge in [-0.3, -0.25) is 9.20 Å². The van der Waals surface area contributed by atoms with Crippen LogP contribution in [0.1, 0.15) is 17.8 Å². The summed E-state index contributed by atoms with van der Waals surface area (Å²) in [6.45, 7) is 0.393. The monoisotopic (exact) mass is 490 g/mol. The Labute approximate surface area is 206 Å². The van der Waals surface area contributed by atoms with Crippen molar-refractivity contribution in [3.8, 4) is 22.8 Å². The van der Waals surface area contributed by atoms with E-state index in [1.54, 1.807) is 18.7 Å². The third kappa shape index (κ3) is 4.63. The fourth-order valence-corrected chi connectivity index (χ4v) is 4.02. The van der Waals surface area contributed by atoms with E-state index in [2.05, 4.69) is 20.6 Å². The molecule has 0 atom stereocenters. The van der Waals surface area contributed by atoms with E-state index >= 15 is 0 Å². The number of hydrogen-bond acceptors (Lipinski definition) is 6. The molecule has 0 fully saturated rings. The number of aryl methyl sites for hydroxylation is 1. The lowest BCUT2D eigenvalue weighted by molar-refractivity contribution is -0.121. The quantitative estimate of drug-likeness (QED) is 0.354. The maximum absolute atomic E-state index is 12.5. The first-order valence-electron chi connectivity index (χ1n) is 11.0. The van der Waals surface area contributed by atoms with Gasteiger partial charge in [-0.2, -0.15) is 5.10 Å². The summed E-state index contributed by atoms with van der Waals surface area (Å²) in [5, 5.41) is 16.9. The normalized spacial score (nSPS) is 11.2. The average Bonchev–Trinajstić information content (AvgIpc) is 3.50. The number of nitrogens with zero attached hydrogens (tertiary/aromatic N) is 5. The Balaban J connectivity index is 1.27. The van der Waals surface area contributed by atoms with Gasteiger partial charge in [0.15, 0.2) is 17.1 Å². The van der Waals surface area contributed by atoms with Crippen LogP contribution in [0, 0.1) is 0 Å². The van der Waals surface area contributed by atoms with Gasteiger partial charge in [-0.1, -0.05) is 29.8 Å². The standard InChI is InChI=1S/C25H23ClN6O3/c1-34-21-8-3-16(13-22(21)35-2)15-27-24(33)10-9-23-28-29-25-20-14-19(17-4-6-18(26)7-5-17)30-32(20)12-11-31(23)25/h3-8,11-14H,9-10,15H2,1-2H3,(H,27,33). The highest BCUT2D eigenvalue weighted by Gasteiger charge is 2.14. The Kier molecular flexibility index (Phi) is 6.24. The molecule has 2 aromatic carbocycles. The number of amides is 1.